The van der Waals surface area contributed by atoms with Crippen molar-refractivity contribution in [3.8, 4) is 0 Å². The van der Waals surface area contributed by atoms with Crippen LogP contribution in [-0.4, -0.2) is 36.2 Å². The summed E-state index contributed by atoms with van der Waals surface area (Å²) >= 11 is 1.50. The second kappa shape index (κ2) is 10.5. The van der Waals surface area contributed by atoms with Crippen molar-refractivity contribution in [2.24, 2.45) is 5.16 Å². The molecule has 4 rings (SSSR count). The van der Waals surface area contributed by atoms with Gasteiger partial charge in [-0.25, -0.2) is 4.39 Å². The van der Waals surface area contributed by atoms with Crippen LogP contribution in [0.3, 0.4) is 0 Å². The largest absolute Gasteiger partial charge is 0.411 e. The molecular formula is C26H27FN2O3S. The van der Waals surface area contributed by atoms with Crippen molar-refractivity contribution in [3.05, 3.63) is 89.0 Å². The molecule has 33 heavy (non-hydrogen) atoms. The van der Waals surface area contributed by atoms with Crippen LogP contribution in [0.15, 0.2) is 75.9 Å². The number of nitrogens with zero attached hydrogens (tertiary/aromatic N) is 2. The van der Waals surface area contributed by atoms with E-state index < -0.39 is 5.60 Å². The Bertz CT molecular complexity index is 1130. The van der Waals surface area contributed by atoms with Crippen LogP contribution in [-0.2, 0) is 21.5 Å². The summed E-state index contributed by atoms with van der Waals surface area (Å²) < 4.78 is 26.0. The number of pyridine rings is 1. The zero-order valence-corrected chi connectivity index (χ0v) is 19.6. The van der Waals surface area contributed by atoms with E-state index in [0.29, 0.717) is 38.2 Å². The molecule has 0 amide bonds. The molecule has 1 aromatic heterocycles. The standard InChI is InChI=1S/C26H27FN2O3S/c1-18(29-30)25-4-3-23(14-20(25)13-19-5-9-28-10-6-19)33-24-16-21(15-22(27)17-24)26(31-2)7-11-32-12-8-26/h3-6,9-10,14-17,30H,7-8,11-13H2,1-2H3/b29-18+. The predicted octanol–water partition coefficient (Wildman–Crippen LogP) is 5.81. The third-order valence-corrected chi connectivity index (χ3v) is 7.05. The Labute approximate surface area is 197 Å². The van der Waals surface area contributed by atoms with Crippen LogP contribution in [0, 0.1) is 5.82 Å². The van der Waals surface area contributed by atoms with Gasteiger partial charge >= 0.3 is 0 Å². The molecule has 0 radical (unpaired) electrons. The summed E-state index contributed by atoms with van der Waals surface area (Å²) in [5.74, 6) is -0.283. The zero-order chi connectivity index (χ0) is 23.3. The fraction of sp³-hybridized carbons (Fsp3) is 0.308. The summed E-state index contributed by atoms with van der Waals surface area (Å²) in [5, 5.41) is 12.7. The maximum absolute atomic E-state index is 14.6. The highest BCUT2D eigenvalue weighted by Gasteiger charge is 2.35. The number of aromatic nitrogens is 1. The van der Waals surface area contributed by atoms with Gasteiger partial charge in [0.25, 0.3) is 0 Å². The quantitative estimate of drug-likeness (QED) is 0.270. The van der Waals surface area contributed by atoms with Crippen LogP contribution in [0.25, 0.3) is 0 Å². The predicted molar refractivity (Wildman–Crippen MR) is 127 cm³/mol. The molecule has 1 fully saturated rings. The number of oxime groups is 1. The molecule has 0 aliphatic carbocycles. The molecule has 7 heteroatoms. The van der Waals surface area contributed by atoms with E-state index in [1.165, 1.54) is 11.8 Å². The number of hydrogen-bond acceptors (Lipinski definition) is 6. The maximum Gasteiger partial charge on any atom is 0.124 e. The summed E-state index contributed by atoms with van der Waals surface area (Å²) in [4.78, 5) is 5.86. The van der Waals surface area contributed by atoms with Crippen molar-refractivity contribution < 1.29 is 19.1 Å². The van der Waals surface area contributed by atoms with Gasteiger partial charge in [-0.1, -0.05) is 23.0 Å². The van der Waals surface area contributed by atoms with Gasteiger partial charge in [-0.15, -0.1) is 0 Å². The van der Waals surface area contributed by atoms with E-state index in [1.807, 2.05) is 30.3 Å². The maximum atomic E-state index is 14.6. The minimum atomic E-state index is -0.527. The van der Waals surface area contributed by atoms with Crippen LogP contribution in [0.4, 0.5) is 4.39 Å². The minimum Gasteiger partial charge on any atom is -0.411 e. The van der Waals surface area contributed by atoms with Crippen LogP contribution in [0.5, 0.6) is 0 Å². The highest BCUT2D eigenvalue weighted by molar-refractivity contribution is 7.99. The van der Waals surface area contributed by atoms with Gasteiger partial charge in [0.05, 0.1) is 11.3 Å². The normalized spacial score (nSPS) is 16.0. The van der Waals surface area contributed by atoms with Crippen LogP contribution in [0.1, 0.15) is 42.0 Å². The van der Waals surface area contributed by atoms with Crippen LogP contribution in [0.2, 0.25) is 0 Å². The molecule has 5 nitrogen and oxygen atoms in total. The Kier molecular flexibility index (Phi) is 7.42. The first kappa shape index (κ1) is 23.4. The molecule has 0 saturated carbocycles. The van der Waals surface area contributed by atoms with E-state index in [2.05, 4.69) is 16.2 Å². The number of benzene rings is 2. The molecule has 0 spiro atoms. The molecule has 1 aliphatic rings. The van der Waals surface area contributed by atoms with Crippen molar-refractivity contribution in [2.75, 3.05) is 20.3 Å². The summed E-state index contributed by atoms with van der Waals surface area (Å²) in [7, 11) is 1.68. The molecular weight excluding hydrogens is 439 g/mol. The Hall–Kier alpha value is -2.74. The van der Waals surface area contributed by atoms with Crippen molar-refractivity contribution >= 4 is 17.5 Å². The van der Waals surface area contributed by atoms with Gasteiger partial charge < -0.3 is 14.7 Å². The van der Waals surface area contributed by atoms with Crippen LogP contribution < -0.4 is 0 Å². The summed E-state index contributed by atoms with van der Waals surface area (Å²) in [6, 6.07) is 15.0. The SMILES string of the molecule is COC1(c2cc(F)cc(Sc3ccc(/C(C)=N/O)c(Cc4ccncc4)c3)c2)CCOCC1. The Morgan fingerprint density at radius 2 is 1.88 bits per heavy atom. The van der Waals surface area contributed by atoms with E-state index in [1.54, 1.807) is 38.6 Å². The first-order valence-corrected chi connectivity index (χ1v) is 11.7. The first-order chi connectivity index (χ1) is 16.0. The third-order valence-electron chi connectivity index (χ3n) is 6.08. The lowest BCUT2D eigenvalue weighted by Gasteiger charge is -2.36. The average Bonchev–Trinajstić information content (AvgIpc) is 2.84. The summed E-state index contributed by atoms with van der Waals surface area (Å²) in [5.41, 5.74) is 3.86. The molecule has 0 atom stereocenters. The number of methoxy groups -OCH3 is 1. The molecule has 1 N–H and O–H groups in total. The fourth-order valence-electron chi connectivity index (χ4n) is 4.24. The van der Waals surface area contributed by atoms with Crippen LogP contribution >= 0.6 is 11.8 Å². The summed E-state index contributed by atoms with van der Waals surface area (Å²) in [6.07, 6.45) is 5.58. The van der Waals surface area contributed by atoms with E-state index in [4.69, 9.17) is 9.47 Å². The lowest BCUT2D eigenvalue weighted by molar-refractivity contribution is -0.0950. The zero-order valence-electron chi connectivity index (χ0n) is 18.8. The molecule has 2 heterocycles. The molecule has 2 aromatic carbocycles. The van der Waals surface area contributed by atoms with E-state index >= 15 is 0 Å². The van der Waals surface area contributed by atoms with Crippen molar-refractivity contribution in [2.45, 2.75) is 41.6 Å². The highest BCUT2D eigenvalue weighted by Crippen LogP contribution is 2.39. The number of halogens is 1. The van der Waals surface area contributed by atoms with E-state index in [0.717, 1.165) is 32.0 Å². The molecule has 172 valence electrons. The van der Waals surface area contributed by atoms with E-state index in [-0.39, 0.29) is 5.82 Å². The van der Waals surface area contributed by atoms with Gasteiger partial charge in [0.2, 0.25) is 0 Å². The molecule has 1 saturated heterocycles. The smallest absolute Gasteiger partial charge is 0.124 e. The third kappa shape index (κ3) is 5.43. The highest BCUT2D eigenvalue weighted by atomic mass is 32.2. The first-order valence-electron chi connectivity index (χ1n) is 10.9. The monoisotopic (exact) mass is 466 g/mol. The molecule has 3 aromatic rings. The van der Waals surface area contributed by atoms with Gasteiger partial charge in [0.15, 0.2) is 0 Å². The number of rotatable bonds is 7. The topological polar surface area (TPSA) is 63.9 Å². The average molecular weight is 467 g/mol. The van der Waals surface area contributed by atoms with Gasteiger partial charge in [-0.05, 0) is 72.5 Å². The van der Waals surface area contributed by atoms with Gasteiger partial charge in [-0.3, -0.25) is 4.98 Å². The molecule has 0 bridgehead atoms. The van der Waals surface area contributed by atoms with E-state index in [9.17, 15) is 9.60 Å². The Morgan fingerprint density at radius 1 is 1.12 bits per heavy atom. The molecule has 1 aliphatic heterocycles. The number of ether oxygens (including phenoxy) is 2. The lowest BCUT2D eigenvalue weighted by Crippen LogP contribution is -2.35. The fourth-order valence-corrected chi connectivity index (χ4v) is 5.21. The van der Waals surface area contributed by atoms with Crippen molar-refractivity contribution in [3.63, 3.8) is 0 Å². The van der Waals surface area contributed by atoms with Gasteiger partial charge in [-0.2, -0.15) is 0 Å². The molecule has 0 unspecified atom stereocenters. The number of hydrogen-bond donors (Lipinski definition) is 1. The van der Waals surface area contributed by atoms with Crippen molar-refractivity contribution in [1.82, 2.24) is 4.98 Å². The van der Waals surface area contributed by atoms with Gasteiger partial charge in [0, 0.05) is 60.9 Å². The van der Waals surface area contributed by atoms with Gasteiger partial charge in [0.1, 0.15) is 5.82 Å². The lowest BCUT2D eigenvalue weighted by atomic mass is 9.86. The second-order valence-corrected chi connectivity index (χ2v) is 9.27. The van der Waals surface area contributed by atoms with Crippen molar-refractivity contribution in [1.29, 1.82) is 0 Å². The second-order valence-electron chi connectivity index (χ2n) is 8.13. The Balaban J connectivity index is 1.66. The summed E-state index contributed by atoms with van der Waals surface area (Å²) in [6.45, 7) is 2.96. The minimum absolute atomic E-state index is 0.283. The Morgan fingerprint density at radius 3 is 2.58 bits per heavy atom.